The maximum absolute atomic E-state index is 14.8. The third-order valence-electron chi connectivity index (χ3n) is 3.69. The Morgan fingerprint density at radius 2 is 1.86 bits per heavy atom. The molecule has 0 fully saturated rings. The van der Waals surface area contributed by atoms with Gasteiger partial charge in [0.2, 0.25) is 6.08 Å². The van der Waals surface area contributed by atoms with Gasteiger partial charge in [0.1, 0.15) is 17.2 Å². The molecule has 0 aliphatic carbocycles. The minimum absolute atomic E-state index is 0.00296. The second-order valence-electron chi connectivity index (χ2n) is 7.24. The summed E-state index contributed by atoms with van der Waals surface area (Å²) in [6.45, 7) is 5.77. The maximum Gasteiger partial charge on any atom is 0.397 e. The Labute approximate surface area is 176 Å². The predicted molar refractivity (Wildman–Crippen MR) is 104 cm³/mol. The van der Waals surface area contributed by atoms with Gasteiger partial charge in [0.05, 0.1) is 29.8 Å². The number of hydrogen-bond acceptors (Lipinski definition) is 6. The van der Waals surface area contributed by atoms with Crippen molar-refractivity contribution in [1.29, 1.82) is 0 Å². The number of esters is 1. The van der Waals surface area contributed by atoms with Crippen molar-refractivity contribution in [3.8, 4) is 0 Å². The van der Waals surface area contributed by atoms with Crippen molar-refractivity contribution < 1.29 is 32.6 Å². The average molecular weight is 477 g/mol. The normalized spacial score (nSPS) is 13.2. The lowest BCUT2D eigenvalue weighted by atomic mass is 9.90. The molecule has 0 N–H and O–H groups in total. The zero-order valence-electron chi connectivity index (χ0n) is 16.8. The van der Waals surface area contributed by atoms with E-state index in [-0.39, 0.29) is 23.2 Å². The fourth-order valence-corrected chi connectivity index (χ4v) is 3.10. The van der Waals surface area contributed by atoms with Crippen LogP contribution in [0.4, 0.5) is 8.78 Å². The van der Waals surface area contributed by atoms with Crippen molar-refractivity contribution in [3.05, 3.63) is 33.8 Å². The first-order chi connectivity index (χ1) is 13.4. The highest BCUT2D eigenvalue weighted by atomic mass is 79.9. The first kappa shape index (κ1) is 24.9. The molecule has 29 heavy (non-hydrogen) atoms. The predicted octanol–water partition coefficient (Wildman–Crippen LogP) is 3.10. The van der Waals surface area contributed by atoms with Crippen LogP contribution in [-0.4, -0.2) is 55.2 Å². The van der Waals surface area contributed by atoms with Gasteiger partial charge < -0.3 is 14.4 Å². The van der Waals surface area contributed by atoms with Crippen LogP contribution >= 0.6 is 15.9 Å². The highest BCUT2D eigenvalue weighted by molar-refractivity contribution is 9.10. The summed E-state index contributed by atoms with van der Waals surface area (Å²) in [5, 5.41) is 0. The third kappa shape index (κ3) is 6.69. The summed E-state index contributed by atoms with van der Waals surface area (Å²) >= 11 is 3.00. The molecule has 0 heterocycles. The molecule has 1 rings (SSSR count). The molecular formula is C19H23BrF2N2O5. The van der Waals surface area contributed by atoms with E-state index in [1.165, 1.54) is 13.1 Å². The van der Waals surface area contributed by atoms with Crippen LogP contribution in [0.3, 0.4) is 0 Å². The van der Waals surface area contributed by atoms with Gasteiger partial charge in [-0.25, -0.2) is 23.4 Å². The van der Waals surface area contributed by atoms with Gasteiger partial charge in [0, 0.05) is 18.7 Å². The molecule has 7 nitrogen and oxygen atoms in total. The van der Waals surface area contributed by atoms with Crippen molar-refractivity contribution in [2.24, 2.45) is 4.99 Å². The third-order valence-corrected chi connectivity index (χ3v) is 4.30. The van der Waals surface area contributed by atoms with E-state index in [0.717, 1.165) is 11.0 Å². The Hall–Kier alpha value is -2.16. The number of amides is 1. The van der Waals surface area contributed by atoms with Crippen LogP contribution < -0.4 is 0 Å². The molecular weight excluding hydrogens is 454 g/mol. The number of hydrogen-bond donors (Lipinski definition) is 0. The van der Waals surface area contributed by atoms with Crippen molar-refractivity contribution >= 4 is 33.9 Å². The average Bonchev–Trinajstić information content (AvgIpc) is 2.60. The van der Waals surface area contributed by atoms with Gasteiger partial charge >= 0.3 is 11.9 Å². The number of benzene rings is 1. The molecule has 0 saturated heterocycles. The fraction of sp³-hybridized carbons (Fsp3) is 0.526. The smallest absolute Gasteiger partial charge is 0.397 e. The zero-order valence-corrected chi connectivity index (χ0v) is 18.4. The number of rotatable bonds is 7. The summed E-state index contributed by atoms with van der Waals surface area (Å²) < 4.78 is 39.3. The second kappa shape index (κ2) is 10.0. The highest BCUT2D eigenvalue weighted by Gasteiger charge is 2.43. The Kier molecular flexibility index (Phi) is 8.62. The minimum atomic E-state index is -1.72. The molecule has 1 unspecified atom stereocenters. The largest absolute Gasteiger partial charge is 0.459 e. The molecule has 0 aliphatic rings. The number of isocyanates is 1. The molecule has 0 radical (unpaired) electrons. The summed E-state index contributed by atoms with van der Waals surface area (Å²) in [6.07, 6.45) is 1.36. The number of halogens is 3. The van der Waals surface area contributed by atoms with Crippen LogP contribution in [-0.2, 0) is 29.5 Å². The summed E-state index contributed by atoms with van der Waals surface area (Å²) in [5.74, 6) is -3.90. The highest BCUT2D eigenvalue weighted by Crippen LogP contribution is 2.36. The van der Waals surface area contributed by atoms with Gasteiger partial charge in [0.25, 0.3) is 0 Å². The molecule has 0 saturated carbocycles. The number of ether oxygens (including phenoxy) is 2. The number of likely N-dealkylation sites (N-methyl/N-ethyl adjacent to an activating group) is 1. The molecule has 1 atom stereocenters. The molecule has 10 heteroatoms. The van der Waals surface area contributed by atoms with Crippen LogP contribution in [0.2, 0.25) is 0 Å². The quantitative estimate of drug-likeness (QED) is 0.198. The van der Waals surface area contributed by atoms with E-state index >= 15 is 0 Å². The number of carbonyl (C=O) groups is 2. The summed E-state index contributed by atoms with van der Waals surface area (Å²) in [5.41, 5.74) is -2.75. The van der Waals surface area contributed by atoms with E-state index in [1.54, 1.807) is 27.7 Å². The maximum atomic E-state index is 14.8. The van der Waals surface area contributed by atoms with Gasteiger partial charge in [-0.15, -0.1) is 0 Å². The molecule has 0 spiro atoms. The van der Waals surface area contributed by atoms with E-state index in [9.17, 15) is 23.2 Å². The lowest BCUT2D eigenvalue weighted by Gasteiger charge is -2.41. The van der Waals surface area contributed by atoms with Gasteiger partial charge in [0.15, 0.2) is 0 Å². The van der Waals surface area contributed by atoms with Gasteiger partial charge in [-0.2, -0.15) is 0 Å². The van der Waals surface area contributed by atoms with E-state index in [4.69, 9.17) is 9.47 Å². The number of nitrogens with zero attached hydrogens (tertiary/aromatic N) is 2. The van der Waals surface area contributed by atoms with Crippen LogP contribution in [0, 0.1) is 11.6 Å². The topological polar surface area (TPSA) is 85.3 Å². The molecule has 1 aromatic carbocycles. The van der Waals surface area contributed by atoms with E-state index in [1.807, 2.05) is 0 Å². The van der Waals surface area contributed by atoms with Gasteiger partial charge in [-0.1, -0.05) is 0 Å². The Morgan fingerprint density at radius 1 is 1.24 bits per heavy atom. The van der Waals surface area contributed by atoms with Crippen LogP contribution in [0.25, 0.3) is 0 Å². The molecule has 0 aliphatic heterocycles. The Balaban J connectivity index is 3.58. The van der Waals surface area contributed by atoms with E-state index in [2.05, 4.69) is 20.9 Å². The summed E-state index contributed by atoms with van der Waals surface area (Å²) in [7, 11) is 1.29. The monoisotopic (exact) mass is 476 g/mol. The zero-order chi connectivity index (χ0) is 22.4. The second-order valence-corrected chi connectivity index (χ2v) is 8.10. The molecule has 1 amide bonds. The lowest BCUT2D eigenvalue weighted by molar-refractivity contribution is -0.167. The van der Waals surface area contributed by atoms with Crippen molar-refractivity contribution in [3.63, 3.8) is 0 Å². The SMILES string of the molecule is CCOC(=O)C(=O)N(C)CC(CN=C=O)(OC(C)(C)C)c1cc(Br)c(F)cc1F. The van der Waals surface area contributed by atoms with Crippen LogP contribution in [0.15, 0.2) is 21.6 Å². The van der Waals surface area contributed by atoms with Crippen LogP contribution in [0.1, 0.15) is 33.3 Å². The van der Waals surface area contributed by atoms with Crippen molar-refractivity contribution in [1.82, 2.24) is 4.90 Å². The van der Waals surface area contributed by atoms with Crippen molar-refractivity contribution in [2.45, 2.75) is 38.9 Å². The Morgan fingerprint density at radius 3 is 2.38 bits per heavy atom. The minimum Gasteiger partial charge on any atom is -0.459 e. The summed E-state index contributed by atoms with van der Waals surface area (Å²) in [6, 6.07) is 1.80. The van der Waals surface area contributed by atoms with Crippen LogP contribution in [0.5, 0.6) is 0 Å². The molecule has 0 aromatic heterocycles. The van der Waals surface area contributed by atoms with Gasteiger partial charge in [-0.3, -0.25) is 4.79 Å². The Bertz CT molecular complexity index is 822. The lowest BCUT2D eigenvalue weighted by Crippen LogP contribution is -2.51. The standard InChI is InChI=1S/C19H23BrF2N2O5/c1-6-28-17(27)16(26)24(5)10-19(9-23-11-25,29-18(2,3)4)12-7-13(20)15(22)8-14(12)21/h7-8H,6,9-10H2,1-5H3. The number of carbonyl (C=O) groups excluding carboxylic acids is 3. The number of aliphatic imine (C=N–C) groups is 1. The molecule has 1 aromatic rings. The first-order valence-electron chi connectivity index (χ1n) is 8.68. The van der Waals surface area contributed by atoms with Crippen molar-refractivity contribution in [2.75, 3.05) is 26.7 Å². The molecule has 0 bridgehead atoms. The first-order valence-corrected chi connectivity index (χ1v) is 9.47. The van der Waals surface area contributed by atoms with Gasteiger partial charge in [-0.05, 0) is 49.7 Å². The summed E-state index contributed by atoms with van der Waals surface area (Å²) in [4.78, 5) is 39.4. The fourth-order valence-electron chi connectivity index (χ4n) is 2.76. The van der Waals surface area contributed by atoms with E-state index < -0.39 is 41.3 Å². The molecule has 160 valence electrons. The van der Waals surface area contributed by atoms with E-state index in [0.29, 0.717) is 6.07 Å².